The minimum atomic E-state index is -3.32. The highest BCUT2D eigenvalue weighted by Crippen LogP contribution is 2.22. The molecule has 1 saturated heterocycles. The van der Waals surface area contributed by atoms with Crippen molar-refractivity contribution in [2.45, 2.75) is 19.4 Å². The van der Waals surface area contributed by atoms with Crippen LogP contribution in [-0.4, -0.2) is 50.8 Å². The van der Waals surface area contributed by atoms with E-state index in [0.717, 1.165) is 6.42 Å². The van der Waals surface area contributed by atoms with Crippen molar-refractivity contribution in [3.05, 3.63) is 23.6 Å². The molecule has 1 aliphatic rings. The summed E-state index contributed by atoms with van der Waals surface area (Å²) in [6.07, 6.45) is 3.88. The van der Waals surface area contributed by atoms with E-state index in [9.17, 15) is 8.42 Å². The van der Waals surface area contributed by atoms with Gasteiger partial charge in [-0.15, -0.1) is 0 Å². The topological polar surface area (TPSA) is 40.6 Å². The molecule has 0 aliphatic carbocycles. The number of nitrogens with zero attached hydrogens (tertiary/aromatic N) is 2. The molecule has 0 amide bonds. The minimum Gasteiger partial charge on any atom is -0.305 e. The predicted octanol–water partition coefficient (Wildman–Crippen LogP) is 1.04. The summed E-state index contributed by atoms with van der Waals surface area (Å²) in [7, 11) is 0.636. The number of likely N-dealkylation sites (N-methyl/N-ethyl adjacent to an activating group) is 1. The van der Waals surface area contributed by atoms with Crippen LogP contribution in [0.25, 0.3) is 0 Å². The molecule has 1 rings (SSSR count). The average Bonchev–Trinajstić information content (AvgIpc) is 2.68. The molecule has 0 spiro atoms. The van der Waals surface area contributed by atoms with E-state index in [1.54, 1.807) is 13.0 Å². The molecular formula is C11H20N2O2S. The lowest BCUT2D eigenvalue weighted by molar-refractivity contribution is 0.302. The Morgan fingerprint density at radius 2 is 2.12 bits per heavy atom. The van der Waals surface area contributed by atoms with E-state index in [2.05, 4.69) is 11.5 Å². The zero-order valence-corrected chi connectivity index (χ0v) is 11.0. The fraction of sp³-hybridized carbons (Fsp3) is 0.636. The molecule has 0 aromatic carbocycles. The quantitative estimate of drug-likeness (QED) is 0.694. The summed E-state index contributed by atoms with van der Waals surface area (Å²) in [4.78, 5) is 2.37. The molecule has 0 N–H and O–H groups in total. The third kappa shape index (κ3) is 2.53. The second-order valence-electron chi connectivity index (χ2n) is 4.16. The largest absolute Gasteiger partial charge is 0.305 e. The van der Waals surface area contributed by atoms with Crippen LogP contribution in [0.15, 0.2) is 23.6 Å². The van der Waals surface area contributed by atoms with Gasteiger partial charge < -0.3 is 4.90 Å². The highest BCUT2D eigenvalue weighted by molar-refractivity contribution is 7.93. The van der Waals surface area contributed by atoms with Gasteiger partial charge in [0.15, 0.2) is 0 Å². The zero-order valence-electron chi connectivity index (χ0n) is 10.2. The standard InChI is InChI=1S/C11H20N2O2S/c1-5-11(6-2)16(14,15)13-8-7-10(9-13)12(3)4/h5-6,10H,1,7-9H2,2-4H3/b11-6+/t10-/m1/s1. The van der Waals surface area contributed by atoms with Gasteiger partial charge in [0.25, 0.3) is 0 Å². The number of allylic oxidation sites excluding steroid dienone is 2. The average molecular weight is 244 g/mol. The number of hydrogen-bond acceptors (Lipinski definition) is 3. The lowest BCUT2D eigenvalue weighted by atomic mass is 10.2. The molecule has 0 bridgehead atoms. The van der Waals surface area contributed by atoms with E-state index in [1.807, 2.05) is 14.1 Å². The molecule has 0 aromatic rings. The molecule has 0 unspecified atom stereocenters. The van der Waals surface area contributed by atoms with Crippen molar-refractivity contribution in [2.24, 2.45) is 0 Å². The van der Waals surface area contributed by atoms with Crippen molar-refractivity contribution in [3.8, 4) is 0 Å². The second kappa shape index (κ2) is 5.12. The summed E-state index contributed by atoms with van der Waals surface area (Å²) in [5.41, 5.74) is 0. The molecule has 0 radical (unpaired) electrons. The molecule has 1 fully saturated rings. The summed E-state index contributed by atoms with van der Waals surface area (Å²) in [6, 6.07) is 0.317. The van der Waals surface area contributed by atoms with Crippen molar-refractivity contribution in [1.82, 2.24) is 9.21 Å². The second-order valence-corrected chi connectivity index (χ2v) is 6.10. The van der Waals surface area contributed by atoms with Crippen molar-refractivity contribution >= 4 is 10.0 Å². The van der Waals surface area contributed by atoms with Crippen LogP contribution in [0.3, 0.4) is 0 Å². The van der Waals surface area contributed by atoms with Gasteiger partial charge in [0.05, 0.1) is 4.91 Å². The van der Waals surface area contributed by atoms with Crippen molar-refractivity contribution < 1.29 is 8.42 Å². The first-order valence-corrected chi connectivity index (χ1v) is 6.82. The van der Waals surface area contributed by atoms with Gasteiger partial charge in [0, 0.05) is 19.1 Å². The first-order valence-electron chi connectivity index (χ1n) is 5.38. The highest BCUT2D eigenvalue weighted by atomic mass is 32.2. The van der Waals surface area contributed by atoms with E-state index >= 15 is 0 Å². The van der Waals surface area contributed by atoms with Crippen LogP contribution in [0.2, 0.25) is 0 Å². The smallest absolute Gasteiger partial charge is 0.242 e. The molecule has 0 saturated carbocycles. The summed E-state index contributed by atoms with van der Waals surface area (Å²) in [6.45, 7) is 6.42. The number of rotatable bonds is 4. The van der Waals surface area contributed by atoms with E-state index in [4.69, 9.17) is 0 Å². The van der Waals surface area contributed by atoms with E-state index < -0.39 is 10.0 Å². The Morgan fingerprint density at radius 3 is 2.50 bits per heavy atom. The molecule has 4 nitrogen and oxygen atoms in total. The Hall–Kier alpha value is -0.650. The Bertz CT molecular complexity index is 385. The molecule has 16 heavy (non-hydrogen) atoms. The van der Waals surface area contributed by atoms with Gasteiger partial charge >= 0.3 is 0 Å². The van der Waals surface area contributed by atoms with E-state index in [1.165, 1.54) is 10.4 Å². The van der Waals surface area contributed by atoms with Gasteiger partial charge in [-0.1, -0.05) is 12.7 Å². The molecule has 92 valence electrons. The lowest BCUT2D eigenvalue weighted by Crippen LogP contribution is -2.34. The SMILES string of the molecule is C=C/C(=C\C)S(=O)(=O)N1CC[C@@H](N(C)C)C1. The molecule has 0 aromatic heterocycles. The van der Waals surface area contributed by atoms with Crippen LogP contribution < -0.4 is 0 Å². The Morgan fingerprint density at radius 1 is 1.50 bits per heavy atom. The summed E-state index contributed by atoms with van der Waals surface area (Å²) >= 11 is 0. The van der Waals surface area contributed by atoms with Crippen LogP contribution in [0, 0.1) is 0 Å². The fourth-order valence-corrected chi connectivity index (χ4v) is 3.39. The fourth-order valence-electron chi connectivity index (χ4n) is 1.87. The third-order valence-electron chi connectivity index (χ3n) is 2.98. The minimum absolute atomic E-state index is 0.298. The third-order valence-corrected chi connectivity index (χ3v) is 4.99. The monoisotopic (exact) mass is 244 g/mol. The first-order chi connectivity index (χ1) is 7.43. The van der Waals surface area contributed by atoms with Gasteiger partial charge in [0.1, 0.15) is 0 Å². The maximum absolute atomic E-state index is 12.1. The zero-order chi connectivity index (χ0) is 12.3. The van der Waals surface area contributed by atoms with Crippen molar-refractivity contribution in [1.29, 1.82) is 0 Å². The van der Waals surface area contributed by atoms with E-state index in [-0.39, 0.29) is 0 Å². The predicted molar refractivity (Wildman–Crippen MR) is 66.5 cm³/mol. The molecular weight excluding hydrogens is 224 g/mol. The Balaban J connectivity index is 2.85. The van der Waals surface area contributed by atoms with Gasteiger partial charge in [-0.05, 0) is 33.5 Å². The van der Waals surface area contributed by atoms with Gasteiger partial charge in [-0.3, -0.25) is 0 Å². The lowest BCUT2D eigenvalue weighted by Gasteiger charge is -2.20. The van der Waals surface area contributed by atoms with E-state index in [0.29, 0.717) is 24.0 Å². The molecule has 5 heteroatoms. The number of hydrogen-bond donors (Lipinski definition) is 0. The summed E-state index contributed by atoms with van der Waals surface area (Å²) < 4.78 is 25.8. The maximum atomic E-state index is 12.1. The maximum Gasteiger partial charge on any atom is 0.242 e. The molecule has 1 atom stereocenters. The normalized spacial score (nSPS) is 24.0. The van der Waals surface area contributed by atoms with Gasteiger partial charge in [-0.25, -0.2) is 8.42 Å². The highest BCUT2D eigenvalue weighted by Gasteiger charge is 2.33. The Labute approximate surface area is 98.3 Å². The van der Waals surface area contributed by atoms with Crippen molar-refractivity contribution in [3.63, 3.8) is 0 Å². The molecule has 1 aliphatic heterocycles. The van der Waals surface area contributed by atoms with Gasteiger partial charge in [0.2, 0.25) is 10.0 Å². The summed E-state index contributed by atoms with van der Waals surface area (Å²) in [5.74, 6) is 0. The van der Waals surface area contributed by atoms with Crippen LogP contribution in [0.1, 0.15) is 13.3 Å². The molecule has 1 heterocycles. The summed E-state index contributed by atoms with van der Waals surface area (Å²) in [5, 5.41) is 0. The number of sulfonamides is 1. The Kier molecular flexibility index (Phi) is 4.29. The first kappa shape index (κ1) is 13.4. The van der Waals surface area contributed by atoms with Gasteiger partial charge in [-0.2, -0.15) is 4.31 Å². The van der Waals surface area contributed by atoms with Crippen LogP contribution in [0.5, 0.6) is 0 Å². The van der Waals surface area contributed by atoms with Crippen LogP contribution >= 0.6 is 0 Å². The van der Waals surface area contributed by atoms with Crippen LogP contribution in [0.4, 0.5) is 0 Å². The van der Waals surface area contributed by atoms with Crippen LogP contribution in [-0.2, 0) is 10.0 Å². The van der Waals surface area contributed by atoms with Crippen molar-refractivity contribution in [2.75, 3.05) is 27.2 Å².